The molecule has 0 bridgehead atoms. The number of aliphatic hydroxyl groups excluding tert-OH is 1. The van der Waals surface area contributed by atoms with Gasteiger partial charge in [-0.3, -0.25) is 0 Å². The predicted molar refractivity (Wildman–Crippen MR) is 77.9 cm³/mol. The summed E-state index contributed by atoms with van der Waals surface area (Å²) in [5.74, 6) is 0. The maximum atomic E-state index is 9.57. The highest BCUT2D eigenvalue weighted by Gasteiger charge is 2.30. The zero-order valence-corrected chi connectivity index (χ0v) is 12.5. The highest BCUT2D eigenvalue weighted by Crippen LogP contribution is 2.28. The van der Waals surface area contributed by atoms with Gasteiger partial charge < -0.3 is 15.3 Å². The molecule has 0 aliphatic heterocycles. The van der Waals surface area contributed by atoms with E-state index in [2.05, 4.69) is 31.0 Å². The third-order valence-electron chi connectivity index (χ3n) is 3.96. The lowest BCUT2D eigenvalue weighted by molar-refractivity contribution is 0.142. The fraction of sp³-hybridized carbons (Fsp3) is 1.00. The molecule has 1 unspecified atom stereocenters. The molecule has 1 saturated carbocycles. The molecule has 0 aromatic rings. The van der Waals surface area contributed by atoms with Crippen LogP contribution in [-0.4, -0.2) is 47.8 Å². The van der Waals surface area contributed by atoms with E-state index in [9.17, 15) is 5.11 Å². The van der Waals surface area contributed by atoms with E-state index in [-0.39, 0.29) is 12.1 Å². The Morgan fingerprint density at radius 1 is 1.22 bits per heavy atom. The summed E-state index contributed by atoms with van der Waals surface area (Å²) in [6, 6.07) is 0.839. The van der Waals surface area contributed by atoms with Gasteiger partial charge in [-0.2, -0.15) is 0 Å². The third-order valence-corrected chi connectivity index (χ3v) is 3.96. The quantitative estimate of drug-likeness (QED) is 0.596. The average Bonchev–Trinajstić information content (AvgIpc) is 3.21. The van der Waals surface area contributed by atoms with Gasteiger partial charge in [0.15, 0.2) is 0 Å². The van der Waals surface area contributed by atoms with Crippen molar-refractivity contribution in [1.29, 1.82) is 0 Å². The molecule has 0 spiro atoms. The predicted octanol–water partition coefficient (Wildman–Crippen LogP) is 2.39. The van der Waals surface area contributed by atoms with Crippen LogP contribution in [0.2, 0.25) is 0 Å². The van der Waals surface area contributed by atoms with E-state index in [0.717, 1.165) is 32.0 Å². The second kappa shape index (κ2) is 8.13. The van der Waals surface area contributed by atoms with Crippen molar-refractivity contribution in [3.05, 3.63) is 0 Å². The molecule has 1 rings (SSSR count). The van der Waals surface area contributed by atoms with Crippen LogP contribution >= 0.6 is 0 Å². The number of hydrogen-bond donors (Lipinski definition) is 2. The lowest BCUT2D eigenvalue weighted by Crippen LogP contribution is -2.48. The Hall–Kier alpha value is -0.120. The summed E-state index contributed by atoms with van der Waals surface area (Å²) in [6.45, 7) is 10.2. The van der Waals surface area contributed by atoms with Crippen molar-refractivity contribution in [2.75, 3.05) is 26.2 Å². The van der Waals surface area contributed by atoms with Crippen LogP contribution in [0.1, 0.15) is 59.3 Å². The van der Waals surface area contributed by atoms with E-state index < -0.39 is 0 Å². The highest BCUT2D eigenvalue weighted by molar-refractivity contribution is 4.88. The Morgan fingerprint density at radius 3 is 2.44 bits per heavy atom. The molecule has 0 saturated heterocycles. The standard InChI is InChI=1S/C15H32N2O/c1-4-6-11-17(14-7-8-14)12-9-15(3,13-18)16-10-5-2/h14,16,18H,4-13H2,1-3H3. The van der Waals surface area contributed by atoms with Gasteiger partial charge in [0.05, 0.1) is 6.61 Å². The lowest BCUT2D eigenvalue weighted by Gasteiger charge is -2.32. The van der Waals surface area contributed by atoms with Crippen LogP contribution in [0.5, 0.6) is 0 Å². The summed E-state index contributed by atoms with van der Waals surface area (Å²) < 4.78 is 0. The molecule has 1 aliphatic rings. The van der Waals surface area contributed by atoms with E-state index >= 15 is 0 Å². The zero-order chi connectivity index (χ0) is 13.4. The Kier molecular flexibility index (Phi) is 7.20. The molecule has 0 heterocycles. The fourth-order valence-electron chi connectivity index (χ4n) is 2.32. The van der Waals surface area contributed by atoms with Gasteiger partial charge in [0.2, 0.25) is 0 Å². The first-order chi connectivity index (χ1) is 8.65. The number of aliphatic hydroxyl groups is 1. The largest absolute Gasteiger partial charge is 0.394 e. The van der Waals surface area contributed by atoms with Crippen molar-refractivity contribution in [2.24, 2.45) is 0 Å². The van der Waals surface area contributed by atoms with Crippen molar-refractivity contribution in [1.82, 2.24) is 10.2 Å². The fourth-order valence-corrected chi connectivity index (χ4v) is 2.32. The van der Waals surface area contributed by atoms with Gasteiger partial charge >= 0.3 is 0 Å². The van der Waals surface area contributed by atoms with E-state index in [4.69, 9.17) is 0 Å². The Balaban J connectivity index is 2.33. The molecule has 2 N–H and O–H groups in total. The third kappa shape index (κ3) is 5.68. The second-order valence-corrected chi connectivity index (χ2v) is 6.02. The zero-order valence-electron chi connectivity index (χ0n) is 12.5. The molecule has 3 nitrogen and oxygen atoms in total. The topological polar surface area (TPSA) is 35.5 Å². The molecule has 18 heavy (non-hydrogen) atoms. The van der Waals surface area contributed by atoms with Crippen molar-refractivity contribution < 1.29 is 5.11 Å². The van der Waals surface area contributed by atoms with Gasteiger partial charge in [-0.1, -0.05) is 20.3 Å². The van der Waals surface area contributed by atoms with Crippen LogP contribution in [-0.2, 0) is 0 Å². The molecule has 3 heteroatoms. The first-order valence-corrected chi connectivity index (χ1v) is 7.75. The molecule has 0 amide bonds. The summed E-state index contributed by atoms with van der Waals surface area (Å²) >= 11 is 0. The summed E-state index contributed by atoms with van der Waals surface area (Å²) in [5, 5.41) is 13.1. The normalized spacial score (nSPS) is 19.2. The SMILES string of the molecule is CCCCN(CCC(C)(CO)NCCC)C1CC1. The molecular formula is C15H32N2O. The summed E-state index contributed by atoms with van der Waals surface area (Å²) in [5.41, 5.74) is -0.102. The van der Waals surface area contributed by atoms with Crippen molar-refractivity contribution in [2.45, 2.75) is 70.9 Å². The number of hydrogen-bond acceptors (Lipinski definition) is 3. The van der Waals surface area contributed by atoms with Gasteiger partial charge in [0, 0.05) is 18.1 Å². The van der Waals surface area contributed by atoms with Crippen LogP contribution in [0.4, 0.5) is 0 Å². The lowest BCUT2D eigenvalue weighted by atomic mass is 9.98. The van der Waals surface area contributed by atoms with Crippen LogP contribution in [0.3, 0.4) is 0 Å². The number of nitrogens with zero attached hydrogens (tertiary/aromatic N) is 1. The van der Waals surface area contributed by atoms with E-state index in [1.165, 1.54) is 32.2 Å². The first kappa shape index (κ1) is 15.9. The van der Waals surface area contributed by atoms with Crippen LogP contribution in [0, 0.1) is 0 Å². The smallest absolute Gasteiger partial charge is 0.0611 e. The van der Waals surface area contributed by atoms with Gasteiger partial charge in [0.1, 0.15) is 0 Å². The van der Waals surface area contributed by atoms with Crippen molar-refractivity contribution >= 4 is 0 Å². The van der Waals surface area contributed by atoms with Crippen molar-refractivity contribution in [3.63, 3.8) is 0 Å². The average molecular weight is 256 g/mol. The van der Waals surface area contributed by atoms with E-state index in [0.29, 0.717) is 0 Å². The summed E-state index contributed by atoms with van der Waals surface area (Å²) in [7, 11) is 0. The molecule has 0 radical (unpaired) electrons. The minimum atomic E-state index is -0.102. The van der Waals surface area contributed by atoms with Crippen LogP contribution in [0.15, 0.2) is 0 Å². The first-order valence-electron chi connectivity index (χ1n) is 7.75. The number of rotatable bonds is 11. The minimum Gasteiger partial charge on any atom is -0.394 e. The van der Waals surface area contributed by atoms with Crippen LogP contribution < -0.4 is 5.32 Å². The van der Waals surface area contributed by atoms with E-state index in [1.807, 2.05) is 0 Å². The number of nitrogens with one attached hydrogen (secondary N) is 1. The summed E-state index contributed by atoms with van der Waals surface area (Å²) in [4.78, 5) is 2.63. The Morgan fingerprint density at radius 2 is 1.94 bits per heavy atom. The highest BCUT2D eigenvalue weighted by atomic mass is 16.3. The molecule has 1 atom stereocenters. The van der Waals surface area contributed by atoms with E-state index in [1.54, 1.807) is 0 Å². The monoisotopic (exact) mass is 256 g/mol. The van der Waals surface area contributed by atoms with Gasteiger partial charge in [0.25, 0.3) is 0 Å². The summed E-state index contributed by atoms with van der Waals surface area (Å²) in [6.07, 6.45) is 7.49. The van der Waals surface area contributed by atoms with Crippen LogP contribution in [0.25, 0.3) is 0 Å². The van der Waals surface area contributed by atoms with Gasteiger partial charge in [-0.25, -0.2) is 0 Å². The second-order valence-electron chi connectivity index (χ2n) is 6.02. The molecule has 1 aliphatic carbocycles. The molecule has 108 valence electrons. The van der Waals surface area contributed by atoms with Crippen molar-refractivity contribution in [3.8, 4) is 0 Å². The maximum absolute atomic E-state index is 9.57. The Labute approximate surface area is 113 Å². The Bertz CT molecular complexity index is 219. The minimum absolute atomic E-state index is 0.102. The molecule has 0 aromatic carbocycles. The molecular weight excluding hydrogens is 224 g/mol. The molecule has 1 fully saturated rings. The number of unbranched alkanes of at least 4 members (excludes halogenated alkanes) is 1. The molecule has 0 aromatic heterocycles. The van der Waals surface area contributed by atoms with Gasteiger partial charge in [-0.05, 0) is 52.1 Å². The van der Waals surface area contributed by atoms with Gasteiger partial charge in [-0.15, -0.1) is 0 Å². The maximum Gasteiger partial charge on any atom is 0.0611 e.